The highest BCUT2D eigenvalue weighted by Crippen LogP contribution is 2.24. The molecule has 0 bridgehead atoms. The number of benzene rings is 2. The summed E-state index contributed by atoms with van der Waals surface area (Å²) in [7, 11) is 0. The summed E-state index contributed by atoms with van der Waals surface area (Å²) in [4.78, 5) is 79.2. The van der Waals surface area contributed by atoms with E-state index < -0.39 is 35.5 Å². The third-order valence-electron chi connectivity index (χ3n) is 8.32. The van der Waals surface area contributed by atoms with Gasteiger partial charge < -0.3 is 19.5 Å². The highest BCUT2D eigenvalue weighted by atomic mass is 16.6. The van der Waals surface area contributed by atoms with Crippen LogP contribution in [0.2, 0.25) is 0 Å². The summed E-state index contributed by atoms with van der Waals surface area (Å²) < 4.78 is 16.7. The van der Waals surface area contributed by atoms with Crippen LogP contribution in [0.25, 0.3) is 0 Å². The summed E-state index contributed by atoms with van der Waals surface area (Å²) in [6.45, 7) is 11.6. The van der Waals surface area contributed by atoms with Crippen LogP contribution in [-0.4, -0.2) is 88.2 Å². The van der Waals surface area contributed by atoms with Gasteiger partial charge in [-0.2, -0.15) is 0 Å². The second-order valence-electron chi connectivity index (χ2n) is 14.7. The smallest absolute Gasteiger partial charge is 0.410 e. The summed E-state index contributed by atoms with van der Waals surface area (Å²) in [5.74, 6) is -0.421. The molecule has 2 fully saturated rings. The Balaban J connectivity index is 1.20. The van der Waals surface area contributed by atoms with Crippen molar-refractivity contribution in [3.05, 3.63) is 65.2 Å². The van der Waals surface area contributed by atoms with E-state index in [0.29, 0.717) is 55.6 Å². The molecule has 2 aliphatic heterocycles. The van der Waals surface area contributed by atoms with Crippen LogP contribution in [0.3, 0.4) is 0 Å². The molecule has 0 aliphatic carbocycles. The molecule has 2 saturated heterocycles. The molecule has 2 aliphatic rings. The standard InChI is InChI=1S/C38H49N3O9/c1-37(2,3)49-35(46)40-21-7-9-29(40)32(43)20-19-31(42)26-15-17-28(18-16-26)48-24-25-11-13-27(14-12-25)33(44)23-39-34(45)30-10-8-22-41(30)36(47)50-38(4,5)6/h11-18,29-30H,7-10,19-24H2,1-6H3,(H,39,45)/t29-,30-/m0/s1. The van der Waals surface area contributed by atoms with Crippen LogP contribution in [0.4, 0.5) is 9.59 Å². The van der Waals surface area contributed by atoms with Gasteiger partial charge in [0, 0.05) is 37.1 Å². The molecular formula is C38H49N3O9. The first-order chi connectivity index (χ1) is 23.5. The Labute approximate surface area is 293 Å². The number of nitrogens with one attached hydrogen (secondary N) is 1. The molecule has 4 rings (SSSR count). The van der Waals surface area contributed by atoms with Gasteiger partial charge in [-0.25, -0.2) is 9.59 Å². The van der Waals surface area contributed by atoms with Crippen molar-refractivity contribution < 1.29 is 43.0 Å². The maximum atomic E-state index is 12.9. The van der Waals surface area contributed by atoms with Crippen LogP contribution >= 0.6 is 0 Å². The van der Waals surface area contributed by atoms with Crippen molar-refractivity contribution in [3.8, 4) is 5.75 Å². The van der Waals surface area contributed by atoms with Crippen LogP contribution in [-0.2, 0) is 25.7 Å². The predicted octanol–water partition coefficient (Wildman–Crippen LogP) is 5.90. The van der Waals surface area contributed by atoms with Crippen LogP contribution in [0.5, 0.6) is 5.75 Å². The van der Waals surface area contributed by atoms with Gasteiger partial charge in [-0.15, -0.1) is 0 Å². The maximum Gasteiger partial charge on any atom is 0.410 e. The van der Waals surface area contributed by atoms with Crippen LogP contribution in [0.15, 0.2) is 48.5 Å². The van der Waals surface area contributed by atoms with Crippen LogP contribution in [0.1, 0.15) is 106 Å². The van der Waals surface area contributed by atoms with Crippen LogP contribution in [0, 0.1) is 0 Å². The Morgan fingerprint density at radius 2 is 1.18 bits per heavy atom. The van der Waals surface area contributed by atoms with E-state index in [-0.39, 0.29) is 49.3 Å². The largest absolute Gasteiger partial charge is 0.489 e. The molecular weight excluding hydrogens is 642 g/mol. The number of carbonyl (C=O) groups excluding carboxylic acids is 6. The summed E-state index contributed by atoms with van der Waals surface area (Å²) in [6, 6.07) is 12.3. The van der Waals surface area contributed by atoms with Gasteiger partial charge in [0.25, 0.3) is 0 Å². The number of Topliss-reactive ketones (excluding diaryl/α,β-unsaturated/α-hetero) is 3. The molecule has 270 valence electrons. The number of hydrogen-bond acceptors (Lipinski definition) is 9. The number of ether oxygens (including phenoxy) is 3. The lowest BCUT2D eigenvalue weighted by atomic mass is 10.0. The van der Waals surface area contributed by atoms with Crippen molar-refractivity contribution in [1.29, 1.82) is 0 Å². The molecule has 0 spiro atoms. The number of amides is 3. The van der Waals surface area contributed by atoms with E-state index >= 15 is 0 Å². The van der Waals surface area contributed by atoms with Crippen LogP contribution < -0.4 is 10.1 Å². The van der Waals surface area contributed by atoms with Crippen molar-refractivity contribution >= 4 is 35.4 Å². The second kappa shape index (κ2) is 16.3. The van der Waals surface area contributed by atoms with Gasteiger partial charge in [-0.3, -0.25) is 29.0 Å². The minimum atomic E-state index is -0.672. The predicted molar refractivity (Wildman–Crippen MR) is 185 cm³/mol. The van der Waals surface area contributed by atoms with Gasteiger partial charge in [0.2, 0.25) is 5.91 Å². The van der Waals surface area contributed by atoms with E-state index in [4.69, 9.17) is 14.2 Å². The number of ketones is 3. The number of rotatable bonds is 12. The quantitative estimate of drug-likeness (QED) is 0.269. The minimum Gasteiger partial charge on any atom is -0.489 e. The first-order valence-corrected chi connectivity index (χ1v) is 17.2. The van der Waals surface area contributed by atoms with E-state index in [0.717, 1.165) is 5.56 Å². The zero-order valence-electron chi connectivity index (χ0n) is 29.9. The molecule has 0 radical (unpaired) electrons. The molecule has 0 unspecified atom stereocenters. The van der Waals surface area contributed by atoms with Crippen molar-refractivity contribution in [1.82, 2.24) is 15.1 Å². The first-order valence-electron chi connectivity index (χ1n) is 17.2. The molecule has 1 N–H and O–H groups in total. The van der Waals surface area contributed by atoms with Crippen molar-refractivity contribution in [3.63, 3.8) is 0 Å². The molecule has 0 saturated carbocycles. The maximum absolute atomic E-state index is 12.9. The normalized spacial score (nSPS) is 17.6. The number of nitrogens with zero attached hydrogens (tertiary/aromatic N) is 2. The fourth-order valence-corrected chi connectivity index (χ4v) is 5.84. The summed E-state index contributed by atoms with van der Waals surface area (Å²) in [6.07, 6.45) is 1.50. The fraction of sp³-hybridized carbons (Fsp3) is 0.526. The Kier molecular flexibility index (Phi) is 12.4. The Morgan fingerprint density at radius 1 is 0.680 bits per heavy atom. The molecule has 2 aromatic carbocycles. The molecule has 2 heterocycles. The first kappa shape index (κ1) is 38.1. The Hall–Kier alpha value is -4.74. The fourth-order valence-electron chi connectivity index (χ4n) is 5.84. The number of hydrogen-bond donors (Lipinski definition) is 1. The van der Waals surface area contributed by atoms with Gasteiger partial charge in [-0.05, 0) is 97.1 Å². The summed E-state index contributed by atoms with van der Waals surface area (Å²) >= 11 is 0. The highest BCUT2D eigenvalue weighted by molar-refractivity contribution is 6.00. The molecule has 0 aromatic heterocycles. The molecule has 3 amide bonds. The van der Waals surface area contributed by atoms with Crippen molar-refractivity contribution in [2.75, 3.05) is 19.6 Å². The van der Waals surface area contributed by atoms with Gasteiger partial charge in [0.1, 0.15) is 29.6 Å². The average Bonchev–Trinajstić information content (AvgIpc) is 3.75. The lowest BCUT2D eigenvalue weighted by molar-refractivity contribution is -0.125. The molecule has 12 nitrogen and oxygen atoms in total. The van der Waals surface area contributed by atoms with Crippen molar-refractivity contribution in [2.24, 2.45) is 0 Å². The van der Waals surface area contributed by atoms with Gasteiger partial charge in [0.05, 0.1) is 12.6 Å². The van der Waals surface area contributed by atoms with Gasteiger partial charge in [-0.1, -0.05) is 24.3 Å². The Morgan fingerprint density at radius 3 is 1.74 bits per heavy atom. The zero-order valence-corrected chi connectivity index (χ0v) is 29.9. The number of likely N-dealkylation sites (tertiary alicyclic amines) is 2. The van der Waals surface area contributed by atoms with E-state index in [9.17, 15) is 28.8 Å². The SMILES string of the molecule is CC(C)(C)OC(=O)N1CCC[C@H]1C(=O)CCC(=O)c1ccc(OCc2ccc(C(=O)CNC(=O)[C@@H]3CCCN3C(=O)OC(C)(C)C)cc2)cc1. The lowest BCUT2D eigenvalue weighted by Gasteiger charge is -2.28. The van der Waals surface area contributed by atoms with Crippen molar-refractivity contribution in [2.45, 2.75) is 110 Å². The highest BCUT2D eigenvalue weighted by Gasteiger charge is 2.37. The monoisotopic (exact) mass is 691 g/mol. The zero-order chi connectivity index (χ0) is 36.6. The molecule has 2 atom stereocenters. The molecule has 2 aromatic rings. The van der Waals surface area contributed by atoms with Gasteiger partial charge >= 0.3 is 12.2 Å². The van der Waals surface area contributed by atoms with Gasteiger partial charge in [0.15, 0.2) is 17.3 Å². The van der Waals surface area contributed by atoms with E-state index in [1.54, 1.807) is 90.1 Å². The third kappa shape index (κ3) is 10.9. The minimum absolute atomic E-state index is 0.0392. The van der Waals surface area contributed by atoms with E-state index in [1.165, 1.54) is 9.80 Å². The average molecular weight is 692 g/mol. The Bertz CT molecular complexity index is 1440. The molecule has 50 heavy (non-hydrogen) atoms. The second-order valence-corrected chi connectivity index (χ2v) is 14.7. The van der Waals surface area contributed by atoms with E-state index in [2.05, 4.69) is 5.32 Å². The molecule has 12 heteroatoms. The summed E-state index contributed by atoms with van der Waals surface area (Å²) in [5.41, 5.74) is 0.375. The lowest BCUT2D eigenvalue weighted by Crippen LogP contribution is -2.48. The summed E-state index contributed by atoms with van der Waals surface area (Å²) in [5, 5.41) is 2.66. The number of carbonyl (C=O) groups is 6. The van der Waals surface area contributed by atoms with E-state index in [1.807, 2.05) is 0 Å². The topological polar surface area (TPSA) is 149 Å². The third-order valence-corrected chi connectivity index (χ3v) is 8.32.